The van der Waals surface area contributed by atoms with E-state index >= 15 is 0 Å². The van der Waals surface area contributed by atoms with Gasteiger partial charge in [0.1, 0.15) is 0 Å². The fraction of sp³-hybridized carbons (Fsp3) is 0.350. The number of anilines is 1. The molecular formula is C40H44NP. The summed E-state index contributed by atoms with van der Waals surface area (Å²) >= 11 is 0. The molecule has 2 heteroatoms. The smallest absolute Gasteiger partial charge is 0.0447 e. The Kier molecular flexibility index (Phi) is 8.05. The zero-order valence-corrected chi connectivity index (χ0v) is 26.3. The molecule has 0 aromatic heterocycles. The van der Waals surface area contributed by atoms with E-state index in [0.717, 1.165) is 11.3 Å². The van der Waals surface area contributed by atoms with Crippen molar-refractivity contribution in [1.29, 1.82) is 0 Å². The molecule has 214 valence electrons. The summed E-state index contributed by atoms with van der Waals surface area (Å²) in [7, 11) is 4.20. The Bertz CT molecular complexity index is 1620. The fourth-order valence-electron chi connectivity index (χ4n) is 8.03. The van der Waals surface area contributed by atoms with E-state index in [0.29, 0.717) is 0 Å². The minimum atomic E-state index is -0.237. The number of nitrogens with zero attached hydrogens (tertiary/aromatic N) is 1. The van der Waals surface area contributed by atoms with Gasteiger partial charge in [0.05, 0.1) is 0 Å². The van der Waals surface area contributed by atoms with E-state index in [1.807, 2.05) is 0 Å². The SMILES string of the molecule is CN(C)c1cccc(-c2c3ccccc3cc3ccccc23)c1-c1ccccc1P(C1CCCCC1)C1CCCCC1. The molecule has 0 aliphatic heterocycles. The van der Waals surface area contributed by atoms with Crippen LogP contribution in [0.1, 0.15) is 64.2 Å². The van der Waals surface area contributed by atoms with Gasteiger partial charge in [-0.1, -0.05) is 131 Å². The Morgan fingerprint density at radius 3 is 1.64 bits per heavy atom. The van der Waals surface area contributed by atoms with Gasteiger partial charge in [-0.15, -0.1) is 0 Å². The molecule has 5 aromatic rings. The average Bonchev–Trinajstić information content (AvgIpc) is 3.05. The van der Waals surface area contributed by atoms with Crippen LogP contribution in [0.2, 0.25) is 0 Å². The van der Waals surface area contributed by atoms with Crippen LogP contribution in [0.25, 0.3) is 43.8 Å². The first-order chi connectivity index (χ1) is 20.7. The largest absolute Gasteiger partial charge is 0.377 e. The minimum Gasteiger partial charge on any atom is -0.377 e. The third kappa shape index (κ3) is 5.16. The summed E-state index contributed by atoms with van der Waals surface area (Å²) in [6.07, 6.45) is 14.2. The van der Waals surface area contributed by atoms with Crippen LogP contribution in [0.5, 0.6) is 0 Å². The molecule has 0 atom stereocenters. The molecule has 0 amide bonds. The maximum absolute atomic E-state index is 2.54. The van der Waals surface area contributed by atoms with Gasteiger partial charge in [0.15, 0.2) is 0 Å². The Morgan fingerprint density at radius 2 is 1.05 bits per heavy atom. The number of benzene rings is 5. The van der Waals surface area contributed by atoms with Crippen LogP contribution in [0.3, 0.4) is 0 Å². The van der Waals surface area contributed by atoms with Gasteiger partial charge in [0.2, 0.25) is 0 Å². The molecule has 5 aromatic carbocycles. The van der Waals surface area contributed by atoms with E-state index < -0.39 is 0 Å². The first-order valence-electron chi connectivity index (χ1n) is 16.3. The van der Waals surface area contributed by atoms with Gasteiger partial charge < -0.3 is 4.90 Å². The standard InChI is InChI=1S/C40H44NP/c1-41(2)37-26-15-25-36(39-33-22-11-9-16-29(33)28-30-17-10-12-23-34(30)39)40(37)35-24-13-14-27-38(35)42(31-18-5-3-6-19-31)32-20-7-4-8-21-32/h9-17,22-28,31-32H,3-8,18-21H2,1-2H3. The minimum absolute atomic E-state index is 0.237. The summed E-state index contributed by atoms with van der Waals surface area (Å²) in [5.41, 5.74) is 8.69. The highest BCUT2D eigenvalue weighted by molar-refractivity contribution is 7.67. The molecule has 0 N–H and O–H groups in total. The fourth-order valence-corrected chi connectivity index (χ4v) is 12.0. The molecule has 7 rings (SSSR count). The van der Waals surface area contributed by atoms with Crippen LogP contribution < -0.4 is 10.2 Å². The Hall–Kier alpha value is -3.15. The van der Waals surface area contributed by atoms with E-state index in [-0.39, 0.29) is 7.92 Å². The highest BCUT2D eigenvalue weighted by Gasteiger charge is 2.34. The van der Waals surface area contributed by atoms with Crippen molar-refractivity contribution in [3.05, 3.63) is 97.1 Å². The molecule has 2 aliphatic carbocycles. The van der Waals surface area contributed by atoms with Crippen molar-refractivity contribution in [1.82, 2.24) is 0 Å². The van der Waals surface area contributed by atoms with E-state index in [1.165, 1.54) is 114 Å². The van der Waals surface area contributed by atoms with Gasteiger partial charge in [-0.05, 0) is 92.7 Å². The molecule has 0 saturated heterocycles. The average molecular weight is 570 g/mol. The molecule has 0 unspecified atom stereocenters. The van der Waals surface area contributed by atoms with Crippen molar-refractivity contribution in [2.75, 3.05) is 19.0 Å². The zero-order chi connectivity index (χ0) is 28.5. The van der Waals surface area contributed by atoms with Crippen LogP contribution in [0.15, 0.2) is 97.1 Å². The lowest BCUT2D eigenvalue weighted by Gasteiger charge is -2.40. The molecule has 0 spiro atoms. The van der Waals surface area contributed by atoms with Crippen LogP contribution in [-0.4, -0.2) is 25.4 Å². The Labute approximate surface area is 253 Å². The van der Waals surface area contributed by atoms with Crippen molar-refractivity contribution in [2.45, 2.75) is 75.5 Å². The van der Waals surface area contributed by atoms with Crippen LogP contribution >= 0.6 is 7.92 Å². The van der Waals surface area contributed by atoms with E-state index in [1.54, 1.807) is 5.30 Å². The van der Waals surface area contributed by atoms with Crippen molar-refractivity contribution in [2.24, 2.45) is 0 Å². The lowest BCUT2D eigenvalue weighted by molar-refractivity contribution is 0.487. The van der Waals surface area contributed by atoms with Crippen LogP contribution in [0, 0.1) is 0 Å². The Morgan fingerprint density at radius 1 is 0.524 bits per heavy atom. The first kappa shape index (κ1) is 27.7. The maximum atomic E-state index is 2.54. The second-order valence-electron chi connectivity index (χ2n) is 12.8. The van der Waals surface area contributed by atoms with Gasteiger partial charge in [-0.3, -0.25) is 0 Å². The normalized spacial score (nSPS) is 16.8. The monoisotopic (exact) mass is 569 g/mol. The zero-order valence-electron chi connectivity index (χ0n) is 25.4. The van der Waals surface area contributed by atoms with Crippen molar-refractivity contribution in [3.63, 3.8) is 0 Å². The number of hydrogen-bond acceptors (Lipinski definition) is 1. The topological polar surface area (TPSA) is 3.24 Å². The highest BCUT2D eigenvalue weighted by atomic mass is 31.1. The first-order valence-corrected chi connectivity index (χ1v) is 17.8. The second kappa shape index (κ2) is 12.2. The predicted molar refractivity (Wildman–Crippen MR) is 187 cm³/mol. The van der Waals surface area contributed by atoms with Gasteiger partial charge in [-0.2, -0.15) is 0 Å². The van der Waals surface area contributed by atoms with Crippen molar-refractivity contribution >= 4 is 40.5 Å². The third-order valence-electron chi connectivity index (χ3n) is 9.95. The van der Waals surface area contributed by atoms with E-state index in [9.17, 15) is 0 Å². The highest BCUT2D eigenvalue weighted by Crippen LogP contribution is 2.57. The Balaban J connectivity index is 1.51. The second-order valence-corrected chi connectivity index (χ2v) is 15.6. The summed E-state index contributed by atoms with van der Waals surface area (Å²) < 4.78 is 0. The van der Waals surface area contributed by atoms with Crippen molar-refractivity contribution < 1.29 is 0 Å². The third-order valence-corrected chi connectivity index (χ3v) is 13.5. The molecule has 42 heavy (non-hydrogen) atoms. The van der Waals surface area contributed by atoms with Gasteiger partial charge in [0, 0.05) is 25.3 Å². The number of rotatable bonds is 6. The number of hydrogen-bond donors (Lipinski definition) is 0. The number of fused-ring (bicyclic) bond motifs is 2. The predicted octanol–water partition coefficient (Wildman–Crippen LogP) is 11.2. The van der Waals surface area contributed by atoms with E-state index in [2.05, 4.69) is 116 Å². The summed E-state index contributed by atoms with van der Waals surface area (Å²) in [5, 5.41) is 6.98. The van der Waals surface area contributed by atoms with Crippen LogP contribution in [0.4, 0.5) is 5.69 Å². The summed E-state index contributed by atoms with van der Waals surface area (Å²) in [6.45, 7) is 0. The van der Waals surface area contributed by atoms with Gasteiger partial charge in [0.25, 0.3) is 0 Å². The molecular weight excluding hydrogens is 525 g/mol. The molecule has 0 bridgehead atoms. The van der Waals surface area contributed by atoms with E-state index in [4.69, 9.17) is 0 Å². The van der Waals surface area contributed by atoms with Gasteiger partial charge in [-0.25, -0.2) is 0 Å². The van der Waals surface area contributed by atoms with Crippen LogP contribution in [-0.2, 0) is 0 Å². The summed E-state index contributed by atoms with van der Waals surface area (Å²) in [4.78, 5) is 2.34. The molecule has 2 saturated carbocycles. The molecule has 2 fully saturated rings. The quantitative estimate of drug-likeness (QED) is 0.145. The van der Waals surface area contributed by atoms with Gasteiger partial charge >= 0.3 is 0 Å². The lowest BCUT2D eigenvalue weighted by atomic mass is 9.86. The maximum Gasteiger partial charge on any atom is 0.0447 e. The van der Waals surface area contributed by atoms with Crippen molar-refractivity contribution in [3.8, 4) is 22.3 Å². The summed E-state index contributed by atoms with van der Waals surface area (Å²) in [6, 6.07) is 37.0. The molecule has 1 nitrogen and oxygen atoms in total. The molecule has 0 heterocycles. The molecule has 0 radical (unpaired) electrons. The summed E-state index contributed by atoms with van der Waals surface area (Å²) in [5.74, 6) is 0. The molecule has 2 aliphatic rings. The lowest BCUT2D eigenvalue weighted by Crippen LogP contribution is -2.27.